The minimum absolute atomic E-state index is 0.115. The van der Waals surface area contributed by atoms with Gasteiger partial charge in [0.1, 0.15) is 12.4 Å². The highest BCUT2D eigenvalue weighted by molar-refractivity contribution is 7.92. The van der Waals surface area contributed by atoms with Gasteiger partial charge in [0.2, 0.25) is 0 Å². The Bertz CT molecular complexity index is 1280. The normalized spacial score (nSPS) is 18.0. The maximum Gasteiger partial charge on any atom is 0.181 e. The maximum absolute atomic E-state index is 12.7. The van der Waals surface area contributed by atoms with Gasteiger partial charge in [0.15, 0.2) is 9.84 Å². The van der Waals surface area contributed by atoms with E-state index in [0.717, 1.165) is 68.0 Å². The number of H-pyrrole nitrogens is 1. The molecule has 2 fully saturated rings. The van der Waals surface area contributed by atoms with E-state index in [9.17, 15) is 13.5 Å². The molecular weight excluding hydrogens is 488 g/mol. The number of nitrogens with zero attached hydrogens (tertiary/aromatic N) is 1. The van der Waals surface area contributed by atoms with Crippen LogP contribution in [0.3, 0.4) is 0 Å². The topological polar surface area (TPSA) is 102 Å². The highest BCUT2D eigenvalue weighted by Gasteiger charge is 2.37. The first-order chi connectivity index (χ1) is 17.7. The van der Waals surface area contributed by atoms with Crippen molar-refractivity contribution in [2.24, 2.45) is 5.92 Å². The maximum atomic E-state index is 12.7. The quantitative estimate of drug-likeness (QED) is 0.382. The lowest BCUT2D eigenvalue weighted by Gasteiger charge is -2.27. The van der Waals surface area contributed by atoms with E-state index in [0.29, 0.717) is 16.6 Å². The molecule has 7 nitrogen and oxygen atoms in total. The highest BCUT2D eigenvalue weighted by Crippen LogP contribution is 2.37. The minimum Gasteiger partial charge on any atom is -0.489 e. The Morgan fingerprint density at radius 1 is 1.05 bits per heavy atom. The summed E-state index contributed by atoms with van der Waals surface area (Å²) in [6.45, 7) is 5.17. The van der Waals surface area contributed by atoms with E-state index in [1.165, 1.54) is 0 Å². The van der Waals surface area contributed by atoms with Gasteiger partial charge in [-0.15, -0.1) is 0 Å². The Morgan fingerprint density at radius 2 is 1.78 bits per heavy atom. The molecule has 3 aromatic rings. The second-order valence-corrected chi connectivity index (χ2v) is 13.2. The number of hydrogen-bond acceptors (Lipinski definition) is 6. The van der Waals surface area contributed by atoms with E-state index in [1.54, 1.807) is 32.2 Å². The summed E-state index contributed by atoms with van der Waals surface area (Å²) in [6.07, 6.45) is 6.23. The molecule has 3 heterocycles. The van der Waals surface area contributed by atoms with Crippen LogP contribution < -0.4 is 4.74 Å². The second kappa shape index (κ2) is 10.6. The Balaban J connectivity index is 1.37. The number of rotatable bonds is 10. The summed E-state index contributed by atoms with van der Waals surface area (Å²) in [5.41, 5.74) is 3.00. The predicted molar refractivity (Wildman–Crippen MR) is 142 cm³/mol. The van der Waals surface area contributed by atoms with Crippen LogP contribution in [-0.2, 0) is 14.6 Å². The molecule has 1 atom stereocenters. The lowest BCUT2D eigenvalue weighted by Crippen LogP contribution is -2.27. The Hall–Kier alpha value is -2.68. The van der Waals surface area contributed by atoms with Crippen molar-refractivity contribution in [1.29, 1.82) is 0 Å². The smallest absolute Gasteiger partial charge is 0.181 e. The standard InChI is InChI=1S/C29H36N2O5S/c1-29(2,32)19-36-22-5-10-27(30-18-22)28-12-11-26(31-28)25(17-20-13-15-35-16-14-20)21-3-6-23(7-4-21)37(33,34)24-8-9-24/h3-7,10-12,18,20,24-25,31-32H,8-9,13-17,19H2,1-2H3. The van der Waals surface area contributed by atoms with Crippen LogP contribution in [-0.4, -0.2) is 54.2 Å². The average Bonchev–Trinajstić information content (AvgIpc) is 3.65. The zero-order valence-electron chi connectivity index (χ0n) is 21.5. The molecule has 5 rings (SSSR count). The number of aromatic amines is 1. The van der Waals surface area contributed by atoms with Crippen molar-refractivity contribution in [3.63, 3.8) is 0 Å². The van der Waals surface area contributed by atoms with Gasteiger partial charge < -0.3 is 19.6 Å². The fourth-order valence-corrected chi connectivity index (χ4v) is 6.53. The first kappa shape index (κ1) is 25.9. The van der Waals surface area contributed by atoms with E-state index in [-0.39, 0.29) is 17.8 Å². The van der Waals surface area contributed by atoms with Crippen molar-refractivity contribution in [3.8, 4) is 17.1 Å². The molecule has 2 aliphatic rings. The zero-order chi connectivity index (χ0) is 26.0. The molecule has 1 saturated carbocycles. The third-order valence-corrected chi connectivity index (χ3v) is 9.45. The largest absolute Gasteiger partial charge is 0.489 e. The van der Waals surface area contributed by atoms with Gasteiger partial charge in [-0.1, -0.05) is 12.1 Å². The zero-order valence-corrected chi connectivity index (χ0v) is 22.3. The summed E-state index contributed by atoms with van der Waals surface area (Å²) in [5, 5.41) is 9.67. The Kier molecular flexibility index (Phi) is 7.43. The van der Waals surface area contributed by atoms with Crippen LogP contribution in [0.1, 0.15) is 63.1 Å². The van der Waals surface area contributed by atoms with E-state index in [4.69, 9.17) is 9.47 Å². The lowest BCUT2D eigenvalue weighted by atomic mass is 9.83. The fraction of sp³-hybridized carbons (Fsp3) is 0.483. The average molecular weight is 525 g/mol. The number of benzene rings is 1. The number of aliphatic hydroxyl groups is 1. The van der Waals surface area contributed by atoms with Gasteiger partial charge in [-0.2, -0.15) is 0 Å². The fourth-order valence-electron chi connectivity index (χ4n) is 4.87. The SMILES string of the molecule is CC(C)(O)COc1ccc(-c2ccc(C(CC3CCOCC3)c3ccc(S(=O)(=O)C4CC4)cc3)[nH]2)nc1. The van der Waals surface area contributed by atoms with Crippen LogP contribution in [0.25, 0.3) is 11.4 Å². The van der Waals surface area contributed by atoms with Gasteiger partial charge in [-0.25, -0.2) is 8.42 Å². The Morgan fingerprint density at radius 3 is 2.41 bits per heavy atom. The summed E-state index contributed by atoms with van der Waals surface area (Å²) in [4.78, 5) is 8.55. The third-order valence-electron chi connectivity index (χ3n) is 7.17. The minimum atomic E-state index is -3.20. The van der Waals surface area contributed by atoms with Gasteiger partial charge in [0, 0.05) is 24.8 Å². The predicted octanol–water partition coefficient (Wildman–Crippen LogP) is 5.11. The van der Waals surface area contributed by atoms with Gasteiger partial charge >= 0.3 is 0 Å². The summed E-state index contributed by atoms with van der Waals surface area (Å²) in [7, 11) is -3.20. The van der Waals surface area contributed by atoms with Crippen LogP contribution >= 0.6 is 0 Å². The molecule has 1 unspecified atom stereocenters. The molecule has 0 bridgehead atoms. The molecule has 1 aliphatic heterocycles. The first-order valence-corrected chi connectivity index (χ1v) is 14.7. The highest BCUT2D eigenvalue weighted by atomic mass is 32.2. The van der Waals surface area contributed by atoms with Crippen LogP contribution in [0.4, 0.5) is 0 Å². The van der Waals surface area contributed by atoms with E-state index in [1.807, 2.05) is 30.3 Å². The van der Waals surface area contributed by atoms with Crippen molar-refractivity contribution < 1.29 is 23.0 Å². The van der Waals surface area contributed by atoms with Crippen LogP contribution in [0.5, 0.6) is 5.75 Å². The summed E-state index contributed by atoms with van der Waals surface area (Å²) in [5.74, 6) is 1.27. The summed E-state index contributed by atoms with van der Waals surface area (Å²) in [6, 6.07) is 15.4. The molecule has 2 aromatic heterocycles. The van der Waals surface area contributed by atoms with Crippen molar-refractivity contribution in [2.75, 3.05) is 19.8 Å². The number of sulfone groups is 1. The van der Waals surface area contributed by atoms with Gasteiger partial charge in [-0.3, -0.25) is 4.98 Å². The van der Waals surface area contributed by atoms with Crippen LogP contribution in [0, 0.1) is 5.92 Å². The molecule has 0 amide bonds. The lowest BCUT2D eigenvalue weighted by molar-refractivity contribution is 0.0284. The Labute approximate surface area is 219 Å². The third kappa shape index (κ3) is 6.43. The van der Waals surface area contributed by atoms with E-state index < -0.39 is 15.4 Å². The molecule has 8 heteroatoms. The molecule has 0 radical (unpaired) electrons. The number of pyridine rings is 1. The van der Waals surface area contributed by atoms with Crippen molar-refractivity contribution in [1.82, 2.24) is 9.97 Å². The monoisotopic (exact) mass is 524 g/mol. The van der Waals surface area contributed by atoms with E-state index in [2.05, 4.69) is 16.0 Å². The van der Waals surface area contributed by atoms with Crippen LogP contribution in [0.2, 0.25) is 0 Å². The molecule has 0 spiro atoms. The molecular formula is C29H36N2O5S. The van der Waals surface area contributed by atoms with E-state index >= 15 is 0 Å². The first-order valence-electron chi connectivity index (χ1n) is 13.1. The summed E-state index contributed by atoms with van der Waals surface area (Å²) < 4.78 is 36.6. The molecule has 198 valence electrons. The van der Waals surface area contributed by atoms with Crippen LogP contribution in [0.15, 0.2) is 59.6 Å². The summed E-state index contributed by atoms with van der Waals surface area (Å²) >= 11 is 0. The van der Waals surface area contributed by atoms with Crippen molar-refractivity contribution >= 4 is 9.84 Å². The van der Waals surface area contributed by atoms with Gasteiger partial charge in [0.25, 0.3) is 0 Å². The van der Waals surface area contributed by atoms with Crippen molar-refractivity contribution in [3.05, 3.63) is 66.0 Å². The number of aromatic nitrogens is 2. The number of hydrogen-bond donors (Lipinski definition) is 2. The van der Waals surface area contributed by atoms with Gasteiger partial charge in [0.05, 0.1) is 33.3 Å². The molecule has 37 heavy (non-hydrogen) atoms. The molecule has 2 N–H and O–H groups in total. The second-order valence-electron chi connectivity index (χ2n) is 11.0. The molecule has 1 saturated heterocycles. The van der Waals surface area contributed by atoms with Crippen molar-refractivity contribution in [2.45, 2.75) is 67.6 Å². The number of ether oxygens (including phenoxy) is 2. The molecule has 1 aliphatic carbocycles. The van der Waals surface area contributed by atoms with Gasteiger partial charge in [-0.05, 0) is 93.8 Å². The number of nitrogens with one attached hydrogen (secondary N) is 1. The molecule has 1 aromatic carbocycles.